The molecule has 0 amide bonds. The second-order valence-corrected chi connectivity index (χ2v) is 5.90. The normalized spacial score (nSPS) is 11.5. The van der Waals surface area contributed by atoms with Gasteiger partial charge in [-0.15, -0.1) is 0 Å². The largest absolute Gasteiger partial charge is 0.477 e. The fraction of sp³-hybridized carbons (Fsp3) is 0.143. The minimum atomic E-state index is -4.57. The zero-order valence-electron chi connectivity index (χ0n) is 11.2. The van der Waals surface area contributed by atoms with Gasteiger partial charge in [0.25, 0.3) is 5.56 Å². The van der Waals surface area contributed by atoms with Crippen molar-refractivity contribution in [1.82, 2.24) is 4.57 Å². The Kier molecular flexibility index (Phi) is 5.00. The number of nitrogens with zero attached hydrogens (tertiary/aromatic N) is 1. The van der Waals surface area contributed by atoms with Crippen LogP contribution in [0.4, 0.5) is 13.2 Å². The molecule has 1 N–H and O–H groups in total. The number of aromatic nitrogens is 1. The number of rotatable bonds is 3. The van der Waals surface area contributed by atoms with Crippen molar-refractivity contribution in [2.45, 2.75) is 11.5 Å². The van der Waals surface area contributed by atoms with Gasteiger partial charge < -0.3 is 5.11 Å². The molecule has 0 aliphatic rings. The molecular formula is C14H8Br2F3NO3. The van der Waals surface area contributed by atoms with Crippen molar-refractivity contribution >= 4 is 37.8 Å². The molecule has 0 aliphatic carbocycles. The van der Waals surface area contributed by atoms with Crippen molar-refractivity contribution in [2.75, 3.05) is 0 Å². The lowest BCUT2D eigenvalue weighted by molar-refractivity contribution is -0.137. The molecule has 1 aromatic heterocycles. The fourth-order valence-corrected chi connectivity index (χ4v) is 3.47. The molecular weight excluding hydrogens is 447 g/mol. The number of carboxylic acid groups (broad SMARTS) is 1. The van der Waals surface area contributed by atoms with Crippen LogP contribution in [0.1, 0.15) is 21.6 Å². The molecule has 122 valence electrons. The Morgan fingerprint density at radius 3 is 2.43 bits per heavy atom. The topological polar surface area (TPSA) is 59.3 Å². The summed E-state index contributed by atoms with van der Waals surface area (Å²) in [5.74, 6) is -1.46. The van der Waals surface area contributed by atoms with Gasteiger partial charge in [0.05, 0.1) is 11.3 Å². The Morgan fingerprint density at radius 1 is 1.26 bits per heavy atom. The Hall–Kier alpha value is -1.61. The minimum Gasteiger partial charge on any atom is -0.477 e. The van der Waals surface area contributed by atoms with Crippen LogP contribution < -0.4 is 5.56 Å². The minimum absolute atomic E-state index is 0.0666. The van der Waals surface area contributed by atoms with E-state index in [0.29, 0.717) is 10.2 Å². The average molecular weight is 455 g/mol. The van der Waals surface area contributed by atoms with Crippen molar-refractivity contribution in [2.24, 2.45) is 0 Å². The molecule has 0 unspecified atom stereocenters. The first kappa shape index (κ1) is 17.7. The molecule has 0 aliphatic heterocycles. The molecule has 0 saturated carbocycles. The summed E-state index contributed by atoms with van der Waals surface area (Å²) in [6.07, 6.45) is -4.57. The second kappa shape index (κ2) is 6.48. The molecule has 0 saturated heterocycles. The van der Waals surface area contributed by atoms with Gasteiger partial charge in [0.2, 0.25) is 0 Å². The predicted octanol–water partition coefficient (Wildman–Crippen LogP) is 4.21. The monoisotopic (exact) mass is 453 g/mol. The second-order valence-electron chi connectivity index (χ2n) is 4.48. The molecule has 0 fully saturated rings. The summed E-state index contributed by atoms with van der Waals surface area (Å²) in [5.41, 5.74) is -2.14. The fourth-order valence-electron chi connectivity index (χ4n) is 1.99. The van der Waals surface area contributed by atoms with Gasteiger partial charge in [0.15, 0.2) is 0 Å². The zero-order valence-corrected chi connectivity index (χ0v) is 14.4. The van der Waals surface area contributed by atoms with Crippen molar-refractivity contribution in [3.63, 3.8) is 0 Å². The van der Waals surface area contributed by atoms with Crippen LogP contribution in [0.5, 0.6) is 0 Å². The quantitative estimate of drug-likeness (QED) is 0.706. The van der Waals surface area contributed by atoms with Gasteiger partial charge in [-0.3, -0.25) is 9.36 Å². The summed E-state index contributed by atoms with van der Waals surface area (Å²) in [6, 6.07) is 5.26. The molecule has 0 spiro atoms. The first-order valence-electron chi connectivity index (χ1n) is 6.08. The number of halogens is 5. The molecule has 0 bridgehead atoms. The highest BCUT2D eigenvalue weighted by atomic mass is 79.9. The van der Waals surface area contributed by atoms with Crippen molar-refractivity contribution in [3.05, 3.63) is 62.0 Å². The van der Waals surface area contributed by atoms with E-state index in [9.17, 15) is 22.8 Å². The number of carboxylic acids is 1. The number of benzene rings is 1. The zero-order chi connectivity index (χ0) is 17.4. The first-order chi connectivity index (χ1) is 10.7. The third-order valence-corrected chi connectivity index (χ3v) is 4.26. The highest BCUT2D eigenvalue weighted by Crippen LogP contribution is 2.31. The van der Waals surface area contributed by atoms with E-state index in [2.05, 4.69) is 31.9 Å². The third kappa shape index (κ3) is 3.50. The first-order valence-corrected chi connectivity index (χ1v) is 7.99. The van der Waals surface area contributed by atoms with E-state index in [1.54, 1.807) is 0 Å². The lowest BCUT2D eigenvalue weighted by Crippen LogP contribution is -2.28. The molecule has 1 aromatic carbocycles. The Balaban J connectivity index is 2.82. The highest BCUT2D eigenvalue weighted by molar-refractivity contribution is 9.10. The van der Waals surface area contributed by atoms with E-state index in [-0.39, 0.29) is 11.0 Å². The van der Waals surface area contributed by atoms with Gasteiger partial charge in [0.1, 0.15) is 5.56 Å². The SMILES string of the molecule is O=C(O)c1cc(Br)c(CBr)n(-c2cccc(C(F)(F)F)c2)c1=O. The lowest BCUT2D eigenvalue weighted by atomic mass is 10.1. The van der Waals surface area contributed by atoms with Crippen LogP contribution in [0.15, 0.2) is 39.6 Å². The molecule has 0 atom stereocenters. The molecule has 2 rings (SSSR count). The standard InChI is InChI=1S/C14H8Br2F3NO3/c15-6-11-10(16)5-9(13(22)23)12(21)20(11)8-3-1-2-7(4-8)14(17,18)19/h1-5H,6H2,(H,22,23). The van der Waals surface area contributed by atoms with E-state index in [0.717, 1.165) is 28.8 Å². The van der Waals surface area contributed by atoms with Gasteiger partial charge in [-0.2, -0.15) is 13.2 Å². The average Bonchev–Trinajstić information content (AvgIpc) is 2.47. The van der Waals surface area contributed by atoms with E-state index >= 15 is 0 Å². The predicted molar refractivity (Wildman–Crippen MR) is 84.3 cm³/mol. The van der Waals surface area contributed by atoms with Crippen molar-refractivity contribution in [1.29, 1.82) is 0 Å². The Labute approximate surface area is 144 Å². The number of hydrogen-bond donors (Lipinski definition) is 1. The van der Waals surface area contributed by atoms with Crippen molar-refractivity contribution in [3.8, 4) is 5.69 Å². The molecule has 9 heteroatoms. The molecule has 4 nitrogen and oxygen atoms in total. The summed E-state index contributed by atoms with van der Waals surface area (Å²) in [5, 5.41) is 9.22. The highest BCUT2D eigenvalue weighted by Gasteiger charge is 2.31. The van der Waals surface area contributed by atoms with Crippen LogP contribution in [0.3, 0.4) is 0 Å². The van der Waals surface area contributed by atoms with Crippen LogP contribution in [-0.4, -0.2) is 15.6 Å². The molecule has 0 radical (unpaired) electrons. The summed E-state index contributed by atoms with van der Waals surface area (Å²) in [4.78, 5) is 23.5. The molecule has 23 heavy (non-hydrogen) atoms. The molecule has 2 aromatic rings. The van der Waals surface area contributed by atoms with Gasteiger partial charge >= 0.3 is 12.1 Å². The van der Waals surface area contributed by atoms with E-state index in [1.807, 2.05) is 0 Å². The smallest absolute Gasteiger partial charge is 0.416 e. The van der Waals surface area contributed by atoms with Crippen molar-refractivity contribution < 1.29 is 23.1 Å². The van der Waals surface area contributed by atoms with Crippen LogP contribution in [-0.2, 0) is 11.5 Å². The Morgan fingerprint density at radius 2 is 1.91 bits per heavy atom. The van der Waals surface area contributed by atoms with E-state index < -0.39 is 28.8 Å². The summed E-state index contributed by atoms with van der Waals surface area (Å²) < 4.78 is 39.8. The number of carbonyl (C=O) groups is 1. The number of pyridine rings is 1. The van der Waals surface area contributed by atoms with Gasteiger partial charge in [0, 0.05) is 15.5 Å². The van der Waals surface area contributed by atoms with Gasteiger partial charge in [-0.25, -0.2) is 4.79 Å². The van der Waals surface area contributed by atoms with Crippen LogP contribution in [0.25, 0.3) is 5.69 Å². The van der Waals surface area contributed by atoms with Gasteiger partial charge in [-0.1, -0.05) is 22.0 Å². The maximum absolute atomic E-state index is 12.9. The summed E-state index contributed by atoms with van der Waals surface area (Å²) in [6.45, 7) is 0. The van der Waals surface area contributed by atoms with Gasteiger partial charge in [-0.05, 0) is 40.2 Å². The number of alkyl halides is 4. The molecule has 1 heterocycles. The van der Waals surface area contributed by atoms with Crippen LogP contribution in [0.2, 0.25) is 0 Å². The summed E-state index contributed by atoms with van der Waals surface area (Å²) >= 11 is 6.29. The lowest BCUT2D eigenvalue weighted by Gasteiger charge is -2.16. The maximum atomic E-state index is 12.9. The Bertz CT molecular complexity index is 831. The van der Waals surface area contributed by atoms with Crippen LogP contribution in [0, 0.1) is 0 Å². The third-order valence-electron chi connectivity index (χ3n) is 3.04. The number of aromatic carboxylic acids is 1. The summed E-state index contributed by atoms with van der Waals surface area (Å²) in [7, 11) is 0. The van der Waals surface area contributed by atoms with E-state index in [4.69, 9.17) is 5.11 Å². The number of hydrogen-bond acceptors (Lipinski definition) is 2. The van der Waals surface area contributed by atoms with Crippen LogP contribution >= 0.6 is 31.9 Å². The maximum Gasteiger partial charge on any atom is 0.416 e. The van der Waals surface area contributed by atoms with E-state index in [1.165, 1.54) is 6.07 Å².